The number of nitrogens with zero attached hydrogens (tertiary/aromatic N) is 5. The average Bonchev–Trinajstić information content (AvgIpc) is 3.27. The van der Waals surface area contributed by atoms with Gasteiger partial charge in [0.25, 0.3) is 5.91 Å². The molecule has 0 saturated carbocycles. The number of ether oxygens (including phenoxy) is 2. The normalized spacial score (nSPS) is 21.6. The van der Waals surface area contributed by atoms with Crippen molar-refractivity contribution in [3.8, 4) is 6.07 Å². The van der Waals surface area contributed by atoms with Crippen molar-refractivity contribution in [3.63, 3.8) is 0 Å². The van der Waals surface area contributed by atoms with E-state index in [1.807, 2.05) is 13.0 Å². The molecule has 32 heavy (non-hydrogen) atoms. The Labute approximate surface area is 191 Å². The van der Waals surface area contributed by atoms with Crippen LogP contribution in [0.3, 0.4) is 0 Å². The molecule has 2 N–H and O–H groups in total. The number of piperidine rings is 1. The third-order valence-corrected chi connectivity index (χ3v) is 6.18. The lowest BCUT2D eigenvalue weighted by molar-refractivity contribution is -0.0855. The van der Waals surface area contributed by atoms with E-state index in [2.05, 4.69) is 36.6 Å². The second kappa shape index (κ2) is 10.8. The number of aromatic nitrogens is 3. The fourth-order valence-corrected chi connectivity index (χ4v) is 4.60. The lowest BCUT2D eigenvalue weighted by Gasteiger charge is -2.30. The highest BCUT2D eigenvalue weighted by molar-refractivity contribution is 7.14. The number of hydrogen-bond acceptors (Lipinski definition) is 10. The van der Waals surface area contributed by atoms with E-state index in [9.17, 15) is 4.79 Å². The topological polar surface area (TPSA) is 125 Å². The number of anilines is 2. The molecule has 2 fully saturated rings. The van der Waals surface area contributed by atoms with Crippen LogP contribution in [0.1, 0.15) is 40.8 Å². The molecular formula is C21H27N7O3S. The minimum Gasteiger partial charge on any atom is -0.376 e. The van der Waals surface area contributed by atoms with Gasteiger partial charge in [0.2, 0.25) is 0 Å². The summed E-state index contributed by atoms with van der Waals surface area (Å²) in [6, 6.07) is 4.17. The van der Waals surface area contributed by atoms with E-state index in [4.69, 9.17) is 14.7 Å². The van der Waals surface area contributed by atoms with E-state index >= 15 is 0 Å². The van der Waals surface area contributed by atoms with Crippen molar-refractivity contribution in [2.24, 2.45) is 0 Å². The molecule has 2 aliphatic rings. The fraction of sp³-hybridized carbons (Fsp3) is 0.571. The zero-order valence-corrected chi connectivity index (χ0v) is 18.9. The van der Waals surface area contributed by atoms with Crippen LogP contribution >= 0.6 is 11.3 Å². The van der Waals surface area contributed by atoms with E-state index in [0.717, 1.165) is 31.6 Å². The largest absolute Gasteiger partial charge is 0.376 e. The molecule has 2 atom stereocenters. The maximum Gasteiger partial charge on any atom is 0.270 e. The molecule has 170 valence electrons. The standard InChI is InChI=1S/C21H27N7O3S/c1-14-24-17(15-3-2-5-28(11-15)6-4-22)9-19(25-14)27-21-26-18(13-32-21)20(29)23-10-16-12-30-7-8-31-16/h9,13,15-16H,2-3,5-8,10-12H2,1H3,(H,23,29)(H,24,25,26,27)/t15-,16+/m1/s1. The second-order valence-electron chi connectivity index (χ2n) is 7.90. The monoisotopic (exact) mass is 457 g/mol. The number of carbonyl (C=O) groups is 1. The molecule has 11 heteroatoms. The number of thiazole rings is 1. The Morgan fingerprint density at radius 3 is 3.09 bits per heavy atom. The van der Waals surface area contributed by atoms with Gasteiger partial charge >= 0.3 is 0 Å². The number of rotatable bonds is 7. The lowest BCUT2D eigenvalue weighted by atomic mass is 9.94. The van der Waals surface area contributed by atoms with Crippen LogP contribution in [-0.2, 0) is 9.47 Å². The molecule has 4 rings (SSSR count). The number of carbonyl (C=O) groups excluding carboxylic acids is 1. The molecule has 0 aromatic carbocycles. The van der Waals surface area contributed by atoms with Gasteiger partial charge in [-0.25, -0.2) is 15.0 Å². The van der Waals surface area contributed by atoms with Gasteiger partial charge in [-0.3, -0.25) is 9.69 Å². The number of nitrogens with one attached hydrogen (secondary N) is 2. The molecule has 2 saturated heterocycles. The van der Waals surface area contributed by atoms with Crippen molar-refractivity contribution in [2.75, 3.05) is 51.3 Å². The number of hydrogen-bond donors (Lipinski definition) is 2. The van der Waals surface area contributed by atoms with Gasteiger partial charge in [0.1, 0.15) is 17.3 Å². The summed E-state index contributed by atoms with van der Waals surface area (Å²) in [5.74, 6) is 1.34. The van der Waals surface area contributed by atoms with Crippen LogP contribution in [0.25, 0.3) is 0 Å². The van der Waals surface area contributed by atoms with Gasteiger partial charge in [-0.1, -0.05) is 0 Å². The molecule has 0 radical (unpaired) electrons. The Hall–Kier alpha value is -2.65. The van der Waals surface area contributed by atoms with E-state index in [1.165, 1.54) is 11.3 Å². The molecule has 1 amide bonds. The van der Waals surface area contributed by atoms with Crippen LogP contribution in [0.4, 0.5) is 10.9 Å². The predicted octanol–water partition coefficient (Wildman–Crippen LogP) is 1.83. The minimum absolute atomic E-state index is 0.129. The highest BCUT2D eigenvalue weighted by Crippen LogP contribution is 2.28. The Morgan fingerprint density at radius 2 is 2.28 bits per heavy atom. The third-order valence-electron chi connectivity index (χ3n) is 5.42. The molecule has 0 unspecified atom stereocenters. The van der Waals surface area contributed by atoms with Gasteiger partial charge in [0.05, 0.1) is 44.2 Å². The molecule has 4 heterocycles. The van der Waals surface area contributed by atoms with Crippen LogP contribution in [0.5, 0.6) is 0 Å². The van der Waals surface area contributed by atoms with Crippen LogP contribution in [0.15, 0.2) is 11.4 Å². The van der Waals surface area contributed by atoms with Gasteiger partial charge in [0.15, 0.2) is 5.13 Å². The van der Waals surface area contributed by atoms with Gasteiger partial charge in [-0.2, -0.15) is 5.26 Å². The summed E-state index contributed by atoms with van der Waals surface area (Å²) in [5.41, 5.74) is 1.31. The summed E-state index contributed by atoms with van der Waals surface area (Å²) in [6.07, 6.45) is 1.95. The zero-order chi connectivity index (χ0) is 22.3. The first kappa shape index (κ1) is 22.5. The van der Waals surface area contributed by atoms with Crippen molar-refractivity contribution in [2.45, 2.75) is 31.8 Å². The maximum atomic E-state index is 12.4. The average molecular weight is 458 g/mol. The summed E-state index contributed by atoms with van der Waals surface area (Å²) >= 11 is 1.34. The van der Waals surface area contributed by atoms with E-state index in [-0.39, 0.29) is 17.9 Å². The maximum absolute atomic E-state index is 12.4. The highest BCUT2D eigenvalue weighted by atomic mass is 32.1. The summed E-state index contributed by atoms with van der Waals surface area (Å²) in [5, 5.41) is 17.3. The molecule has 0 aliphatic carbocycles. The van der Waals surface area contributed by atoms with Crippen molar-refractivity contribution in [3.05, 3.63) is 28.7 Å². The summed E-state index contributed by atoms with van der Waals surface area (Å²) in [4.78, 5) is 28.1. The first-order valence-electron chi connectivity index (χ1n) is 10.8. The lowest BCUT2D eigenvalue weighted by Crippen LogP contribution is -2.39. The Kier molecular flexibility index (Phi) is 7.59. The summed E-state index contributed by atoms with van der Waals surface area (Å²) in [7, 11) is 0. The SMILES string of the molecule is Cc1nc(Nc2nc(C(=O)NC[C@H]3COCCO3)cs2)cc([C@@H]2CCCN(CC#N)C2)n1. The van der Waals surface area contributed by atoms with Crippen molar-refractivity contribution < 1.29 is 14.3 Å². The van der Waals surface area contributed by atoms with Crippen LogP contribution in [0, 0.1) is 18.3 Å². The number of likely N-dealkylation sites (tertiary alicyclic amines) is 1. The Balaban J connectivity index is 1.37. The molecule has 0 bridgehead atoms. The van der Waals surface area contributed by atoms with E-state index < -0.39 is 0 Å². The molecule has 2 aromatic heterocycles. The van der Waals surface area contributed by atoms with Crippen molar-refractivity contribution in [1.82, 2.24) is 25.2 Å². The smallest absolute Gasteiger partial charge is 0.270 e. The number of nitriles is 1. The number of amides is 1. The molecule has 2 aromatic rings. The Morgan fingerprint density at radius 1 is 1.38 bits per heavy atom. The molecule has 10 nitrogen and oxygen atoms in total. The van der Waals surface area contributed by atoms with Crippen molar-refractivity contribution in [1.29, 1.82) is 5.26 Å². The third kappa shape index (κ3) is 5.98. The molecule has 0 spiro atoms. The Bertz CT molecular complexity index is 971. The first-order valence-corrected chi connectivity index (χ1v) is 11.6. The van der Waals surface area contributed by atoms with Gasteiger partial charge in [0, 0.05) is 30.5 Å². The van der Waals surface area contributed by atoms with Gasteiger partial charge < -0.3 is 20.1 Å². The van der Waals surface area contributed by atoms with Crippen LogP contribution < -0.4 is 10.6 Å². The summed E-state index contributed by atoms with van der Waals surface area (Å²) in [6.45, 7) is 6.08. The van der Waals surface area contributed by atoms with E-state index in [1.54, 1.807) is 5.38 Å². The van der Waals surface area contributed by atoms with Gasteiger partial charge in [-0.15, -0.1) is 11.3 Å². The minimum atomic E-state index is -0.247. The molecular weight excluding hydrogens is 430 g/mol. The summed E-state index contributed by atoms with van der Waals surface area (Å²) < 4.78 is 10.9. The zero-order valence-electron chi connectivity index (χ0n) is 18.0. The molecule has 2 aliphatic heterocycles. The fourth-order valence-electron chi connectivity index (χ4n) is 3.90. The quantitative estimate of drug-likeness (QED) is 0.599. The highest BCUT2D eigenvalue weighted by Gasteiger charge is 2.23. The first-order chi connectivity index (χ1) is 15.6. The second-order valence-corrected chi connectivity index (χ2v) is 8.76. The number of aryl methyl sites for hydroxylation is 1. The van der Waals surface area contributed by atoms with Crippen LogP contribution in [-0.4, -0.2) is 77.9 Å². The van der Waals surface area contributed by atoms with Crippen molar-refractivity contribution >= 4 is 28.2 Å². The van der Waals surface area contributed by atoms with E-state index in [0.29, 0.717) is 55.4 Å². The van der Waals surface area contributed by atoms with Gasteiger partial charge in [-0.05, 0) is 26.3 Å². The predicted molar refractivity (Wildman–Crippen MR) is 119 cm³/mol. The van der Waals surface area contributed by atoms with Crippen LogP contribution in [0.2, 0.25) is 0 Å².